The second-order valence-electron chi connectivity index (χ2n) is 0.515. The minimum atomic E-state index is -4.17. The molecule has 1 atom stereocenters. The fraction of sp³-hybridized carbons (Fsp3) is 0. The van der Waals surface area contributed by atoms with Gasteiger partial charge in [0.05, 0.1) is 0 Å². The van der Waals surface area contributed by atoms with Crippen molar-refractivity contribution in [3.63, 3.8) is 0 Å². The van der Waals surface area contributed by atoms with Crippen molar-refractivity contribution >= 4 is 20.2 Å². The van der Waals surface area contributed by atoms with Gasteiger partial charge in [0.2, 0.25) is 0 Å². The quantitative estimate of drug-likeness (QED) is 0.286. The van der Waals surface area contributed by atoms with E-state index < -0.39 is 10.3 Å². The fourth-order valence-corrected chi connectivity index (χ4v) is 0. The average Bonchev–Trinajstić information content (AvgIpc) is 0.722. The molecule has 0 heterocycles. The van der Waals surface area contributed by atoms with Crippen LogP contribution in [0.4, 0.5) is 0 Å². The molecule has 0 aromatic carbocycles. The molecule has 3 N–H and O–H groups in total. The van der Waals surface area contributed by atoms with Crippen LogP contribution in [0.1, 0.15) is 0 Å². The maximum Gasteiger partial charge on any atom is 0.330 e. The molecular formula is H6NNiO3PS. The van der Waals surface area contributed by atoms with Gasteiger partial charge < -0.3 is 0 Å². The first-order chi connectivity index (χ1) is 2.00. The van der Waals surface area contributed by atoms with Gasteiger partial charge in [0.1, 0.15) is 0 Å². The summed E-state index contributed by atoms with van der Waals surface area (Å²) >= 11 is 0. The molecule has 0 fully saturated rings. The summed E-state index contributed by atoms with van der Waals surface area (Å²) in [5, 5.41) is 3.88. The second kappa shape index (κ2) is 4.94. The van der Waals surface area contributed by atoms with Crippen LogP contribution >= 0.6 is 9.90 Å². The van der Waals surface area contributed by atoms with Crippen molar-refractivity contribution in [1.82, 2.24) is 0 Å². The average molecular weight is 190 g/mol. The van der Waals surface area contributed by atoms with Crippen molar-refractivity contribution in [2.45, 2.75) is 0 Å². The largest absolute Gasteiger partial charge is 0.330 e. The molecule has 7 heavy (non-hydrogen) atoms. The van der Waals surface area contributed by atoms with Crippen LogP contribution in [0.25, 0.3) is 0 Å². The number of hydrogen-bond acceptors (Lipinski definition) is 2. The maximum absolute atomic E-state index is 8.97. The zero-order chi connectivity index (χ0) is 4.50. The minimum Gasteiger partial charge on any atom is -0.274 e. The molecule has 0 bridgehead atoms. The summed E-state index contributed by atoms with van der Waals surface area (Å²) in [5.41, 5.74) is 0. The summed E-state index contributed by atoms with van der Waals surface area (Å²) in [7, 11) is -4.17. The number of rotatable bonds is 0. The van der Waals surface area contributed by atoms with Crippen molar-refractivity contribution in [2.24, 2.45) is 5.14 Å². The molecule has 0 radical (unpaired) electrons. The second-order valence-corrected chi connectivity index (χ2v) is 1.54. The first kappa shape index (κ1) is 15.7. The SMILES string of the molecule is NS(=O)(=O)O.P.[Ni]. The van der Waals surface area contributed by atoms with E-state index >= 15 is 0 Å². The Morgan fingerprint density at radius 1 is 1.43 bits per heavy atom. The predicted molar refractivity (Wildman–Crippen MR) is 26.8 cm³/mol. The normalized spacial score (nSPS) is 8.29. The summed E-state index contributed by atoms with van der Waals surface area (Å²) in [6, 6.07) is 0. The summed E-state index contributed by atoms with van der Waals surface area (Å²) in [5.74, 6) is 0. The van der Waals surface area contributed by atoms with Crippen LogP contribution in [-0.2, 0) is 26.8 Å². The fourth-order valence-electron chi connectivity index (χ4n) is 0. The van der Waals surface area contributed by atoms with Gasteiger partial charge in [-0.3, -0.25) is 4.55 Å². The summed E-state index contributed by atoms with van der Waals surface area (Å²) < 4.78 is 25.2. The third-order valence-electron chi connectivity index (χ3n) is 0. The van der Waals surface area contributed by atoms with E-state index in [4.69, 9.17) is 13.0 Å². The van der Waals surface area contributed by atoms with E-state index in [-0.39, 0.29) is 26.4 Å². The summed E-state index contributed by atoms with van der Waals surface area (Å²) in [6.45, 7) is 0. The van der Waals surface area contributed by atoms with E-state index in [1.807, 2.05) is 0 Å². The molecule has 50 valence electrons. The van der Waals surface area contributed by atoms with Gasteiger partial charge in [-0.1, -0.05) is 0 Å². The zero-order valence-electron chi connectivity index (χ0n) is 3.27. The standard InChI is InChI=1S/H3NO3S.Ni.H3P/c1-5(2,3)4;;/h(H3,1,2,3,4);;1H3. The van der Waals surface area contributed by atoms with E-state index in [2.05, 4.69) is 5.14 Å². The van der Waals surface area contributed by atoms with Gasteiger partial charge in [0, 0.05) is 16.5 Å². The van der Waals surface area contributed by atoms with E-state index in [1.165, 1.54) is 0 Å². The van der Waals surface area contributed by atoms with Crippen molar-refractivity contribution < 1.29 is 29.5 Å². The molecule has 0 aromatic rings. The number of hydrogen-bond donors (Lipinski definition) is 2. The van der Waals surface area contributed by atoms with Crippen LogP contribution in [0, 0.1) is 0 Å². The molecule has 1 unspecified atom stereocenters. The van der Waals surface area contributed by atoms with Gasteiger partial charge in [0.15, 0.2) is 0 Å². The minimum absolute atomic E-state index is 0. The molecule has 7 heteroatoms. The molecule has 0 aromatic heterocycles. The Hall–Kier alpha value is 0.794. The third-order valence-corrected chi connectivity index (χ3v) is 0. The van der Waals surface area contributed by atoms with Gasteiger partial charge in [0.25, 0.3) is 0 Å². The first-order valence-corrected chi connectivity index (χ1v) is 2.25. The Labute approximate surface area is 55.3 Å². The van der Waals surface area contributed by atoms with Crippen LogP contribution in [-0.4, -0.2) is 13.0 Å². The molecule has 0 rings (SSSR count). The molecule has 0 aliphatic heterocycles. The molecular weight excluding hydrogens is 184 g/mol. The van der Waals surface area contributed by atoms with Gasteiger partial charge in [-0.2, -0.15) is 18.3 Å². The number of nitrogens with two attached hydrogens (primary N) is 1. The predicted octanol–water partition coefficient (Wildman–Crippen LogP) is -1.20. The van der Waals surface area contributed by atoms with Crippen molar-refractivity contribution in [3.05, 3.63) is 0 Å². The van der Waals surface area contributed by atoms with E-state index in [1.54, 1.807) is 0 Å². The Morgan fingerprint density at radius 3 is 1.43 bits per heavy atom. The van der Waals surface area contributed by atoms with Crippen LogP contribution in [0.15, 0.2) is 0 Å². The third kappa shape index (κ3) is 248. The molecule has 0 aliphatic carbocycles. The van der Waals surface area contributed by atoms with Gasteiger partial charge in [-0.15, -0.1) is 0 Å². The van der Waals surface area contributed by atoms with Gasteiger partial charge >= 0.3 is 10.3 Å². The summed E-state index contributed by atoms with van der Waals surface area (Å²) in [6.07, 6.45) is 0. The molecule has 0 aliphatic rings. The van der Waals surface area contributed by atoms with E-state index in [9.17, 15) is 0 Å². The molecule has 0 saturated heterocycles. The Morgan fingerprint density at radius 2 is 1.43 bits per heavy atom. The smallest absolute Gasteiger partial charge is 0.274 e. The Kier molecular flexibility index (Phi) is 11.0. The van der Waals surface area contributed by atoms with Gasteiger partial charge in [-0.25, -0.2) is 5.14 Å². The van der Waals surface area contributed by atoms with Crippen molar-refractivity contribution in [2.75, 3.05) is 0 Å². The molecule has 0 saturated carbocycles. The van der Waals surface area contributed by atoms with Crippen LogP contribution in [0.3, 0.4) is 0 Å². The van der Waals surface area contributed by atoms with E-state index in [0.717, 1.165) is 0 Å². The van der Waals surface area contributed by atoms with Crippen LogP contribution in [0.2, 0.25) is 0 Å². The summed E-state index contributed by atoms with van der Waals surface area (Å²) in [4.78, 5) is 0. The molecule has 0 spiro atoms. The maximum atomic E-state index is 8.97. The molecule has 4 nitrogen and oxygen atoms in total. The first-order valence-electron chi connectivity index (χ1n) is 0.752. The van der Waals surface area contributed by atoms with E-state index in [0.29, 0.717) is 0 Å². The topological polar surface area (TPSA) is 80.4 Å². The molecule has 0 amide bonds. The van der Waals surface area contributed by atoms with Crippen LogP contribution in [0.5, 0.6) is 0 Å². The monoisotopic (exact) mass is 189 g/mol. The van der Waals surface area contributed by atoms with Crippen molar-refractivity contribution in [3.8, 4) is 0 Å². The van der Waals surface area contributed by atoms with Crippen LogP contribution < -0.4 is 5.14 Å². The Balaban J connectivity index is -0.0000000800. The Bertz CT molecular complexity index is 98.1. The van der Waals surface area contributed by atoms with Crippen molar-refractivity contribution in [1.29, 1.82) is 0 Å². The van der Waals surface area contributed by atoms with Gasteiger partial charge in [-0.05, 0) is 0 Å². The zero-order valence-corrected chi connectivity index (χ0v) is 6.49.